The molecule has 1 saturated carbocycles. The maximum atomic E-state index is 13.2. The normalized spacial score (nSPS) is 18.8. The van der Waals surface area contributed by atoms with Gasteiger partial charge in [0.15, 0.2) is 0 Å². The van der Waals surface area contributed by atoms with Crippen LogP contribution in [0.15, 0.2) is 36.5 Å². The maximum absolute atomic E-state index is 13.2. The highest BCUT2D eigenvalue weighted by Crippen LogP contribution is 2.40. The Labute approximate surface area is 198 Å². The summed E-state index contributed by atoms with van der Waals surface area (Å²) in [5.74, 6) is -2.08. The number of hydrogen-bond acceptors (Lipinski definition) is 6. The highest BCUT2D eigenvalue weighted by atomic mass is 19.4. The van der Waals surface area contributed by atoms with E-state index in [1.165, 1.54) is 18.3 Å². The van der Waals surface area contributed by atoms with Crippen LogP contribution in [-0.2, 0) is 27.1 Å². The molecule has 0 radical (unpaired) electrons. The van der Waals surface area contributed by atoms with Gasteiger partial charge in [0, 0.05) is 13.0 Å². The molecule has 2 heterocycles. The van der Waals surface area contributed by atoms with Gasteiger partial charge in [-0.1, -0.05) is 0 Å². The van der Waals surface area contributed by atoms with E-state index in [-0.39, 0.29) is 48.9 Å². The van der Waals surface area contributed by atoms with Gasteiger partial charge in [-0.3, -0.25) is 19.4 Å². The number of phenolic OH excluding ortho intramolecular Hbond substituents is 1. The van der Waals surface area contributed by atoms with Crippen LogP contribution in [0.1, 0.15) is 36.9 Å². The first kappa shape index (κ1) is 24.3. The van der Waals surface area contributed by atoms with Gasteiger partial charge in [0.05, 0.1) is 24.4 Å². The second kappa shape index (κ2) is 9.43. The Balaban J connectivity index is 1.31. The first-order valence-electron chi connectivity index (χ1n) is 11.0. The monoisotopic (exact) mass is 492 g/mol. The van der Waals surface area contributed by atoms with E-state index in [0.717, 1.165) is 12.1 Å². The van der Waals surface area contributed by atoms with Crippen molar-refractivity contribution in [2.45, 2.75) is 43.9 Å². The quantitative estimate of drug-likeness (QED) is 0.470. The number of pyridine rings is 1. The number of halogens is 3. The summed E-state index contributed by atoms with van der Waals surface area (Å²) in [4.78, 5) is 40.5. The lowest BCUT2D eigenvalue weighted by atomic mass is 9.97. The molecule has 12 heteroatoms. The van der Waals surface area contributed by atoms with Crippen LogP contribution in [0.5, 0.6) is 17.2 Å². The van der Waals surface area contributed by atoms with Gasteiger partial charge < -0.3 is 25.8 Å². The molecule has 2 fully saturated rings. The minimum absolute atomic E-state index is 0.0433. The van der Waals surface area contributed by atoms with Crippen LogP contribution < -0.4 is 20.7 Å². The van der Waals surface area contributed by atoms with Crippen molar-refractivity contribution in [3.8, 4) is 17.2 Å². The number of phenols is 1. The molecular formula is C23H23F3N4O5. The Kier molecular flexibility index (Phi) is 6.55. The van der Waals surface area contributed by atoms with Gasteiger partial charge >= 0.3 is 6.18 Å². The summed E-state index contributed by atoms with van der Waals surface area (Å²) in [7, 11) is 0. The van der Waals surface area contributed by atoms with Gasteiger partial charge in [0.25, 0.3) is 0 Å². The third-order valence-corrected chi connectivity index (χ3v) is 5.91. The van der Waals surface area contributed by atoms with Crippen LogP contribution in [0.3, 0.4) is 0 Å². The average Bonchev–Trinajstić information content (AvgIpc) is 3.60. The number of nitrogens with one attached hydrogen (secondary N) is 3. The minimum atomic E-state index is -4.72. The van der Waals surface area contributed by atoms with Crippen LogP contribution in [0.4, 0.5) is 13.2 Å². The molecule has 2 aliphatic rings. The molecule has 1 aromatic carbocycles. The van der Waals surface area contributed by atoms with Gasteiger partial charge in [-0.05, 0) is 49.6 Å². The van der Waals surface area contributed by atoms with Crippen LogP contribution in [0.25, 0.3) is 0 Å². The predicted molar refractivity (Wildman–Crippen MR) is 115 cm³/mol. The standard InChI is InChI=1S/C23H23F3N4O5/c24-23(25,26)17-9-15(31)3-5-18(17)35-16-4-2-14(27-12-16)11-29-21(34)22(7-8-22)30-20(33)13-1-6-19(32)28-10-13/h2-5,9,12-13,31H,1,6-8,10-11H2,(H,28,32)(H,29,34)(H,30,33). The second-order valence-corrected chi connectivity index (χ2v) is 8.56. The van der Waals surface area contributed by atoms with Crippen LogP contribution in [0, 0.1) is 5.92 Å². The number of alkyl halides is 3. The Morgan fingerprint density at radius 3 is 2.60 bits per heavy atom. The Morgan fingerprint density at radius 1 is 1.23 bits per heavy atom. The predicted octanol–water partition coefficient (Wildman–Crippen LogP) is 2.39. The van der Waals surface area contributed by atoms with Gasteiger partial charge in [0.1, 0.15) is 28.4 Å². The van der Waals surface area contributed by atoms with Crippen LogP contribution in [-0.4, -0.2) is 39.9 Å². The number of carbonyl (C=O) groups excluding carboxylic acids is 3. The lowest BCUT2D eigenvalue weighted by Crippen LogP contribution is -2.52. The fourth-order valence-corrected chi connectivity index (χ4v) is 3.70. The van der Waals surface area contributed by atoms with Gasteiger partial charge in [-0.2, -0.15) is 13.2 Å². The summed E-state index contributed by atoms with van der Waals surface area (Å²) < 4.78 is 44.8. The second-order valence-electron chi connectivity index (χ2n) is 8.56. The van der Waals surface area contributed by atoms with Crippen molar-refractivity contribution >= 4 is 17.7 Å². The number of ether oxygens (including phenoxy) is 1. The largest absolute Gasteiger partial charge is 0.508 e. The molecule has 1 aromatic heterocycles. The van der Waals surface area contributed by atoms with E-state index in [2.05, 4.69) is 20.9 Å². The highest BCUT2D eigenvalue weighted by Gasteiger charge is 2.51. The molecule has 186 valence electrons. The molecule has 0 bridgehead atoms. The summed E-state index contributed by atoms with van der Waals surface area (Å²) in [6, 6.07) is 5.57. The molecular weight excluding hydrogens is 469 g/mol. The SMILES string of the molecule is O=C1CCC(C(=O)NC2(C(=O)NCc3ccc(Oc4ccc(O)cc4C(F)(F)F)cn3)CC2)CN1. The number of benzene rings is 1. The van der Waals surface area contributed by atoms with E-state index in [9.17, 15) is 32.7 Å². The first-order chi connectivity index (χ1) is 16.6. The molecule has 1 saturated heterocycles. The molecule has 1 aliphatic heterocycles. The summed E-state index contributed by atoms with van der Waals surface area (Å²) in [6.07, 6.45) is -1.79. The van der Waals surface area contributed by atoms with Crippen LogP contribution >= 0.6 is 0 Å². The van der Waals surface area contributed by atoms with Crippen molar-refractivity contribution in [3.63, 3.8) is 0 Å². The van der Waals surface area contributed by atoms with E-state index >= 15 is 0 Å². The molecule has 1 aliphatic carbocycles. The molecule has 3 amide bonds. The van der Waals surface area contributed by atoms with Crippen molar-refractivity contribution in [2.24, 2.45) is 5.92 Å². The van der Waals surface area contributed by atoms with E-state index in [4.69, 9.17) is 4.74 Å². The molecule has 35 heavy (non-hydrogen) atoms. The Bertz CT molecular complexity index is 1120. The Hall–Kier alpha value is -3.83. The average molecular weight is 492 g/mol. The van der Waals surface area contributed by atoms with Crippen LogP contribution in [0.2, 0.25) is 0 Å². The maximum Gasteiger partial charge on any atom is 0.420 e. The van der Waals surface area contributed by atoms with Crippen molar-refractivity contribution < 1.29 is 37.4 Å². The zero-order chi connectivity index (χ0) is 25.2. The summed E-state index contributed by atoms with van der Waals surface area (Å²) in [6.45, 7) is 0.290. The van der Waals surface area contributed by atoms with E-state index in [1.807, 2.05) is 0 Å². The topological polar surface area (TPSA) is 130 Å². The van der Waals surface area contributed by atoms with E-state index in [0.29, 0.717) is 31.0 Å². The number of rotatable bonds is 7. The summed E-state index contributed by atoms with van der Waals surface area (Å²) >= 11 is 0. The number of carbonyl (C=O) groups is 3. The minimum Gasteiger partial charge on any atom is -0.508 e. The molecule has 1 unspecified atom stereocenters. The van der Waals surface area contributed by atoms with Crippen molar-refractivity contribution in [2.75, 3.05) is 6.54 Å². The fraction of sp³-hybridized carbons (Fsp3) is 0.391. The molecule has 2 aromatic rings. The third kappa shape index (κ3) is 5.81. The number of nitrogens with zero attached hydrogens (tertiary/aromatic N) is 1. The highest BCUT2D eigenvalue weighted by molar-refractivity contribution is 5.95. The molecule has 4 N–H and O–H groups in total. The van der Waals surface area contributed by atoms with Crippen molar-refractivity contribution in [3.05, 3.63) is 47.8 Å². The number of aromatic hydroxyl groups is 1. The smallest absolute Gasteiger partial charge is 0.420 e. The summed E-state index contributed by atoms with van der Waals surface area (Å²) in [5.41, 5.74) is -1.67. The molecule has 0 spiro atoms. The first-order valence-corrected chi connectivity index (χ1v) is 11.0. The van der Waals surface area contributed by atoms with E-state index < -0.39 is 28.8 Å². The third-order valence-electron chi connectivity index (χ3n) is 5.91. The zero-order valence-corrected chi connectivity index (χ0v) is 18.4. The molecule has 4 rings (SSSR count). The van der Waals surface area contributed by atoms with Gasteiger partial charge in [0.2, 0.25) is 17.7 Å². The fourth-order valence-electron chi connectivity index (χ4n) is 3.70. The van der Waals surface area contributed by atoms with Gasteiger partial charge in [-0.15, -0.1) is 0 Å². The number of amides is 3. The number of aromatic nitrogens is 1. The molecule has 9 nitrogen and oxygen atoms in total. The zero-order valence-electron chi connectivity index (χ0n) is 18.4. The van der Waals surface area contributed by atoms with E-state index in [1.54, 1.807) is 0 Å². The molecule has 1 atom stereocenters. The Morgan fingerprint density at radius 2 is 2.00 bits per heavy atom. The lowest BCUT2D eigenvalue weighted by molar-refractivity contribution is -0.138. The number of hydrogen-bond donors (Lipinski definition) is 4. The number of piperidine rings is 1. The van der Waals surface area contributed by atoms with Crippen molar-refractivity contribution in [1.82, 2.24) is 20.9 Å². The lowest BCUT2D eigenvalue weighted by Gasteiger charge is -2.24. The van der Waals surface area contributed by atoms with Gasteiger partial charge in [-0.25, -0.2) is 0 Å². The summed E-state index contributed by atoms with van der Waals surface area (Å²) in [5, 5.41) is 17.5. The van der Waals surface area contributed by atoms with Crippen molar-refractivity contribution in [1.29, 1.82) is 0 Å².